The lowest BCUT2D eigenvalue weighted by Crippen LogP contribution is -2.42. The van der Waals surface area contributed by atoms with Gasteiger partial charge in [0.05, 0.1) is 20.3 Å². The van der Waals surface area contributed by atoms with Crippen molar-refractivity contribution < 1.29 is 34.3 Å². The van der Waals surface area contributed by atoms with Crippen LogP contribution in [0.4, 0.5) is 0 Å². The molecule has 1 aliphatic rings. The first-order chi connectivity index (χ1) is 10.6. The van der Waals surface area contributed by atoms with E-state index in [9.17, 15) is 10.2 Å². The van der Waals surface area contributed by atoms with Gasteiger partial charge in [-0.15, -0.1) is 0 Å². The minimum atomic E-state index is -1.16. The average molecular weight is 314 g/mol. The van der Waals surface area contributed by atoms with Gasteiger partial charge in [-0.1, -0.05) is 12.1 Å². The molecule has 0 aliphatic carbocycles. The molecular weight excluding hydrogens is 292 g/mol. The Hall–Kier alpha value is -1.22. The minimum Gasteiger partial charge on any atom is -0.497 e. The molecule has 1 aromatic rings. The summed E-state index contributed by atoms with van der Waals surface area (Å²) in [5.74, 6) is 0.737. The summed E-state index contributed by atoms with van der Waals surface area (Å²) in [4.78, 5) is 0. The Morgan fingerprint density at radius 1 is 1.23 bits per heavy atom. The van der Waals surface area contributed by atoms with Gasteiger partial charge in [-0.3, -0.25) is 0 Å². The quantitative estimate of drug-likeness (QED) is 0.634. The molecule has 124 valence electrons. The molecule has 22 heavy (non-hydrogen) atoms. The van der Waals surface area contributed by atoms with Gasteiger partial charge in [0.25, 0.3) is 0 Å². The fourth-order valence-electron chi connectivity index (χ4n) is 2.38. The van der Waals surface area contributed by atoms with Crippen LogP contribution in [0.25, 0.3) is 0 Å². The summed E-state index contributed by atoms with van der Waals surface area (Å²) in [6, 6.07) is 7.29. The van der Waals surface area contributed by atoms with E-state index in [1.54, 1.807) is 19.2 Å². The van der Waals surface area contributed by atoms with Crippen LogP contribution in [-0.4, -0.2) is 66.9 Å². The van der Waals surface area contributed by atoms with E-state index in [1.807, 2.05) is 12.1 Å². The number of benzene rings is 1. The van der Waals surface area contributed by atoms with Crippen LogP contribution in [0, 0.1) is 0 Å². The van der Waals surface area contributed by atoms with Crippen LogP contribution in [0.2, 0.25) is 0 Å². The molecule has 0 unspecified atom stereocenters. The molecule has 2 rings (SSSR count). The zero-order valence-corrected chi connectivity index (χ0v) is 12.6. The summed E-state index contributed by atoms with van der Waals surface area (Å²) in [5, 5.41) is 29.0. The Labute approximate surface area is 129 Å². The largest absolute Gasteiger partial charge is 0.497 e. The van der Waals surface area contributed by atoms with E-state index in [0.29, 0.717) is 0 Å². The maximum Gasteiger partial charge on any atom is 0.186 e. The van der Waals surface area contributed by atoms with Crippen molar-refractivity contribution in [3.05, 3.63) is 29.8 Å². The SMILES string of the molecule is COc1ccc(CO[C@H]2[C@@H](O)[C@H](OC)O[C@@H]2[C@@H](O)CO)cc1. The number of ether oxygens (including phenoxy) is 4. The zero-order valence-electron chi connectivity index (χ0n) is 12.6. The van der Waals surface area contributed by atoms with Crippen molar-refractivity contribution in [2.75, 3.05) is 20.8 Å². The molecule has 0 amide bonds. The fraction of sp³-hybridized carbons (Fsp3) is 0.600. The van der Waals surface area contributed by atoms with Crippen molar-refractivity contribution in [3.63, 3.8) is 0 Å². The highest BCUT2D eigenvalue weighted by Gasteiger charge is 2.47. The van der Waals surface area contributed by atoms with Crippen LogP contribution in [0.3, 0.4) is 0 Å². The van der Waals surface area contributed by atoms with E-state index in [1.165, 1.54) is 7.11 Å². The molecule has 0 spiro atoms. The van der Waals surface area contributed by atoms with Crippen LogP contribution in [0.5, 0.6) is 5.75 Å². The number of hydrogen-bond acceptors (Lipinski definition) is 7. The monoisotopic (exact) mass is 314 g/mol. The van der Waals surface area contributed by atoms with Gasteiger partial charge in [0.1, 0.15) is 30.2 Å². The predicted octanol–water partition coefficient (Wildman–Crippen LogP) is -0.334. The second-order valence-corrected chi connectivity index (χ2v) is 5.07. The van der Waals surface area contributed by atoms with Crippen molar-refractivity contribution >= 4 is 0 Å². The van der Waals surface area contributed by atoms with Gasteiger partial charge in [0.2, 0.25) is 0 Å². The van der Waals surface area contributed by atoms with Crippen molar-refractivity contribution in [1.29, 1.82) is 0 Å². The number of rotatable bonds is 7. The smallest absolute Gasteiger partial charge is 0.186 e. The highest BCUT2D eigenvalue weighted by Crippen LogP contribution is 2.27. The highest BCUT2D eigenvalue weighted by atomic mass is 16.7. The molecule has 7 nitrogen and oxygen atoms in total. The molecule has 1 heterocycles. The summed E-state index contributed by atoms with van der Waals surface area (Å²) in [6.07, 6.45) is -4.76. The second kappa shape index (κ2) is 7.87. The summed E-state index contributed by atoms with van der Waals surface area (Å²) >= 11 is 0. The third-order valence-electron chi connectivity index (χ3n) is 3.63. The maximum atomic E-state index is 10.1. The molecule has 1 aliphatic heterocycles. The van der Waals surface area contributed by atoms with E-state index in [-0.39, 0.29) is 6.61 Å². The molecule has 0 bridgehead atoms. The lowest BCUT2D eigenvalue weighted by atomic mass is 10.1. The average Bonchev–Trinajstić information content (AvgIpc) is 2.88. The van der Waals surface area contributed by atoms with E-state index in [0.717, 1.165) is 11.3 Å². The number of hydrogen-bond donors (Lipinski definition) is 3. The Morgan fingerprint density at radius 3 is 2.45 bits per heavy atom. The van der Waals surface area contributed by atoms with Gasteiger partial charge >= 0.3 is 0 Å². The maximum absolute atomic E-state index is 10.1. The first-order valence-electron chi connectivity index (χ1n) is 7.00. The van der Waals surface area contributed by atoms with Gasteiger partial charge in [-0.05, 0) is 17.7 Å². The van der Waals surface area contributed by atoms with E-state index < -0.39 is 37.3 Å². The van der Waals surface area contributed by atoms with Crippen LogP contribution in [-0.2, 0) is 20.8 Å². The molecule has 7 heteroatoms. The third kappa shape index (κ3) is 3.75. The molecule has 0 saturated carbocycles. The minimum absolute atomic E-state index is 0.222. The van der Waals surface area contributed by atoms with Gasteiger partial charge in [0, 0.05) is 7.11 Å². The van der Waals surface area contributed by atoms with E-state index in [4.69, 9.17) is 24.1 Å². The van der Waals surface area contributed by atoms with Crippen LogP contribution >= 0.6 is 0 Å². The topological polar surface area (TPSA) is 97.6 Å². The highest BCUT2D eigenvalue weighted by molar-refractivity contribution is 5.26. The first kappa shape index (κ1) is 17.1. The van der Waals surface area contributed by atoms with Gasteiger partial charge < -0.3 is 34.3 Å². The van der Waals surface area contributed by atoms with Gasteiger partial charge in [0.15, 0.2) is 6.29 Å². The van der Waals surface area contributed by atoms with Crippen LogP contribution in [0.15, 0.2) is 24.3 Å². The Morgan fingerprint density at radius 2 is 1.91 bits per heavy atom. The fourth-order valence-corrected chi connectivity index (χ4v) is 2.38. The first-order valence-corrected chi connectivity index (χ1v) is 7.00. The number of aliphatic hydroxyl groups excluding tert-OH is 3. The molecule has 1 aromatic carbocycles. The normalized spacial score (nSPS) is 29.5. The summed E-state index contributed by atoms with van der Waals surface area (Å²) in [6.45, 7) is -0.267. The predicted molar refractivity (Wildman–Crippen MR) is 76.3 cm³/mol. The lowest BCUT2D eigenvalue weighted by molar-refractivity contribution is -0.167. The van der Waals surface area contributed by atoms with Crippen LogP contribution < -0.4 is 4.74 Å². The number of aliphatic hydroxyl groups is 3. The molecule has 0 aromatic heterocycles. The Kier molecular flexibility index (Phi) is 6.13. The van der Waals surface area contributed by atoms with E-state index in [2.05, 4.69) is 0 Å². The molecule has 1 fully saturated rings. The third-order valence-corrected chi connectivity index (χ3v) is 3.63. The van der Waals surface area contributed by atoms with Gasteiger partial charge in [-0.25, -0.2) is 0 Å². The Bertz CT molecular complexity index is 450. The van der Waals surface area contributed by atoms with Gasteiger partial charge in [-0.2, -0.15) is 0 Å². The van der Waals surface area contributed by atoms with Crippen LogP contribution in [0.1, 0.15) is 5.56 Å². The molecular formula is C15H22O7. The molecule has 5 atom stereocenters. The number of methoxy groups -OCH3 is 2. The van der Waals surface area contributed by atoms with Crippen molar-refractivity contribution in [2.45, 2.75) is 37.3 Å². The summed E-state index contributed by atoms with van der Waals surface area (Å²) < 4.78 is 21.1. The van der Waals surface area contributed by atoms with Crippen molar-refractivity contribution in [2.24, 2.45) is 0 Å². The van der Waals surface area contributed by atoms with E-state index >= 15 is 0 Å². The standard InChI is InChI=1S/C15H22O7/c1-19-10-5-3-9(4-6-10)8-21-14-12(18)15(20-2)22-13(14)11(17)7-16/h3-6,11-18H,7-8H2,1-2H3/t11-,12+,13+,14-,15+/m0/s1. The molecule has 1 saturated heterocycles. The summed E-state index contributed by atoms with van der Waals surface area (Å²) in [5.41, 5.74) is 0.881. The Balaban J connectivity index is 2.00. The van der Waals surface area contributed by atoms with Crippen molar-refractivity contribution in [1.82, 2.24) is 0 Å². The second-order valence-electron chi connectivity index (χ2n) is 5.07. The molecule has 0 radical (unpaired) electrons. The van der Waals surface area contributed by atoms with Crippen molar-refractivity contribution in [3.8, 4) is 5.75 Å². The lowest BCUT2D eigenvalue weighted by Gasteiger charge is -2.23. The summed E-state index contributed by atoms with van der Waals surface area (Å²) in [7, 11) is 2.98. The molecule has 3 N–H and O–H groups in total. The zero-order chi connectivity index (χ0) is 16.1.